The lowest BCUT2D eigenvalue weighted by molar-refractivity contribution is 1.14. The Morgan fingerprint density at radius 1 is 0.778 bits per heavy atom. The molecule has 0 N–H and O–H groups in total. The maximum absolute atomic E-state index is 5.02. The summed E-state index contributed by atoms with van der Waals surface area (Å²) in [6, 6.07) is 23.6. The number of benzene rings is 3. The third kappa shape index (κ3) is 1.91. The zero-order valence-electron chi connectivity index (χ0n) is 15.0. The van der Waals surface area contributed by atoms with E-state index >= 15 is 0 Å². The first-order chi connectivity index (χ1) is 13.3. The Hall–Kier alpha value is -3.46. The second-order valence-corrected chi connectivity index (χ2v) is 7.02. The highest BCUT2D eigenvalue weighted by molar-refractivity contribution is 6.22. The second kappa shape index (κ2) is 5.27. The van der Waals surface area contributed by atoms with Crippen LogP contribution in [0.2, 0.25) is 0 Å². The van der Waals surface area contributed by atoms with Gasteiger partial charge in [-0.2, -0.15) is 0 Å². The highest BCUT2D eigenvalue weighted by Crippen LogP contribution is 2.36. The third-order valence-electron chi connectivity index (χ3n) is 5.57. The van der Waals surface area contributed by atoms with E-state index in [1.807, 2.05) is 18.3 Å². The van der Waals surface area contributed by atoms with Gasteiger partial charge in [-0.15, -0.1) is 0 Å². The van der Waals surface area contributed by atoms with Gasteiger partial charge in [-0.1, -0.05) is 37.3 Å². The number of fused-ring (bicyclic) bond motifs is 10. The summed E-state index contributed by atoms with van der Waals surface area (Å²) in [6.07, 6.45) is 2.87. The minimum absolute atomic E-state index is 1.00. The maximum atomic E-state index is 5.02. The van der Waals surface area contributed by atoms with Crippen molar-refractivity contribution in [2.24, 2.45) is 0 Å². The van der Waals surface area contributed by atoms with Gasteiger partial charge in [0.05, 0.1) is 22.1 Å². The van der Waals surface area contributed by atoms with Gasteiger partial charge >= 0.3 is 0 Å². The molecule has 128 valence electrons. The van der Waals surface area contributed by atoms with E-state index in [2.05, 4.69) is 70.9 Å². The van der Waals surface area contributed by atoms with Crippen molar-refractivity contribution >= 4 is 49.3 Å². The fourth-order valence-electron chi connectivity index (χ4n) is 4.27. The van der Waals surface area contributed by atoms with E-state index in [1.54, 1.807) is 0 Å². The maximum Gasteiger partial charge on any atom is 0.147 e. The summed E-state index contributed by atoms with van der Waals surface area (Å²) in [5.41, 5.74) is 6.72. The van der Waals surface area contributed by atoms with Crippen LogP contribution in [-0.2, 0) is 6.42 Å². The number of para-hydroxylation sites is 2. The van der Waals surface area contributed by atoms with Gasteiger partial charge in [-0.25, -0.2) is 4.98 Å². The lowest BCUT2D eigenvalue weighted by Crippen LogP contribution is -1.94. The molecule has 0 aliphatic heterocycles. The van der Waals surface area contributed by atoms with Crippen LogP contribution in [0, 0.1) is 0 Å². The van der Waals surface area contributed by atoms with Crippen LogP contribution >= 0.6 is 0 Å². The molecule has 0 amide bonds. The van der Waals surface area contributed by atoms with Crippen LogP contribution < -0.4 is 0 Å². The molecule has 0 radical (unpaired) electrons. The number of aryl methyl sites for hydroxylation is 1. The van der Waals surface area contributed by atoms with Crippen LogP contribution in [0.5, 0.6) is 0 Å². The Kier molecular flexibility index (Phi) is 2.87. The van der Waals surface area contributed by atoms with Gasteiger partial charge in [-0.05, 0) is 53.8 Å². The van der Waals surface area contributed by atoms with Gasteiger partial charge in [0.15, 0.2) is 0 Å². The number of imidazole rings is 1. The summed E-state index contributed by atoms with van der Waals surface area (Å²) < 4.78 is 2.30. The van der Waals surface area contributed by atoms with E-state index in [9.17, 15) is 0 Å². The molecular formula is C24H17N3. The van der Waals surface area contributed by atoms with E-state index < -0.39 is 0 Å². The molecule has 6 aromatic rings. The Labute approximate surface area is 155 Å². The zero-order valence-corrected chi connectivity index (χ0v) is 15.0. The fourth-order valence-corrected chi connectivity index (χ4v) is 4.27. The topological polar surface area (TPSA) is 30.2 Å². The molecule has 0 spiro atoms. The predicted molar refractivity (Wildman–Crippen MR) is 112 cm³/mol. The summed E-state index contributed by atoms with van der Waals surface area (Å²) in [7, 11) is 0. The summed E-state index contributed by atoms with van der Waals surface area (Å²) in [6.45, 7) is 2.20. The molecule has 0 fully saturated rings. The van der Waals surface area contributed by atoms with Crippen molar-refractivity contribution < 1.29 is 0 Å². The van der Waals surface area contributed by atoms with Crippen LogP contribution in [0.3, 0.4) is 0 Å². The van der Waals surface area contributed by atoms with E-state index in [0.29, 0.717) is 0 Å². The molecule has 3 nitrogen and oxygen atoms in total. The van der Waals surface area contributed by atoms with E-state index in [-0.39, 0.29) is 0 Å². The van der Waals surface area contributed by atoms with Crippen molar-refractivity contribution in [1.82, 2.24) is 14.4 Å². The quantitative estimate of drug-likeness (QED) is 0.346. The van der Waals surface area contributed by atoms with Crippen LogP contribution in [0.25, 0.3) is 49.3 Å². The minimum Gasteiger partial charge on any atom is -0.292 e. The average molecular weight is 347 g/mol. The molecule has 0 saturated heterocycles. The first-order valence-corrected chi connectivity index (χ1v) is 9.34. The highest BCUT2D eigenvalue weighted by atomic mass is 15.0. The number of pyridine rings is 2. The smallest absolute Gasteiger partial charge is 0.147 e. The summed E-state index contributed by atoms with van der Waals surface area (Å²) >= 11 is 0. The van der Waals surface area contributed by atoms with Gasteiger partial charge < -0.3 is 0 Å². The number of nitrogens with zero attached hydrogens (tertiary/aromatic N) is 3. The molecule has 3 aromatic heterocycles. The number of aromatic nitrogens is 3. The summed E-state index contributed by atoms with van der Waals surface area (Å²) in [5, 5.41) is 4.84. The normalized spacial score (nSPS) is 12.0. The first kappa shape index (κ1) is 14.7. The Morgan fingerprint density at radius 2 is 1.70 bits per heavy atom. The predicted octanol–water partition coefficient (Wildman–Crippen LogP) is 5.90. The van der Waals surface area contributed by atoms with E-state index in [0.717, 1.165) is 34.0 Å². The Bertz CT molecular complexity index is 1510. The summed E-state index contributed by atoms with van der Waals surface area (Å²) in [4.78, 5) is 9.59. The molecule has 6 rings (SSSR count). The molecule has 0 aliphatic rings. The molecular weight excluding hydrogens is 330 g/mol. The van der Waals surface area contributed by atoms with Gasteiger partial charge in [0.1, 0.15) is 5.65 Å². The number of hydrogen-bond donors (Lipinski definition) is 0. The van der Waals surface area contributed by atoms with Crippen LogP contribution in [-0.4, -0.2) is 14.4 Å². The van der Waals surface area contributed by atoms with Crippen molar-refractivity contribution in [3.8, 4) is 0 Å². The molecule has 0 bridgehead atoms. The molecule has 3 heterocycles. The molecule has 0 unspecified atom stereocenters. The number of rotatable bonds is 1. The molecule has 3 heteroatoms. The zero-order chi connectivity index (χ0) is 18.0. The van der Waals surface area contributed by atoms with E-state index in [1.165, 1.54) is 27.2 Å². The van der Waals surface area contributed by atoms with Gasteiger partial charge in [0, 0.05) is 22.4 Å². The lowest BCUT2D eigenvalue weighted by Gasteiger charge is -2.12. The minimum atomic E-state index is 1.00. The summed E-state index contributed by atoms with van der Waals surface area (Å²) in [5.74, 6) is 0. The van der Waals surface area contributed by atoms with Crippen molar-refractivity contribution in [3.05, 3.63) is 78.5 Å². The molecule has 3 aromatic carbocycles. The Morgan fingerprint density at radius 3 is 2.63 bits per heavy atom. The highest BCUT2D eigenvalue weighted by Gasteiger charge is 2.15. The van der Waals surface area contributed by atoms with Crippen molar-refractivity contribution in [2.45, 2.75) is 13.3 Å². The lowest BCUT2D eigenvalue weighted by atomic mass is 10.00. The first-order valence-electron chi connectivity index (χ1n) is 9.34. The van der Waals surface area contributed by atoms with Crippen LogP contribution in [0.15, 0.2) is 72.9 Å². The van der Waals surface area contributed by atoms with Gasteiger partial charge in [-0.3, -0.25) is 9.38 Å². The third-order valence-corrected chi connectivity index (χ3v) is 5.57. The fraction of sp³-hybridized carbons (Fsp3) is 0.0833. The van der Waals surface area contributed by atoms with Crippen molar-refractivity contribution in [2.75, 3.05) is 0 Å². The molecule has 0 aliphatic carbocycles. The van der Waals surface area contributed by atoms with Crippen LogP contribution in [0.4, 0.5) is 0 Å². The molecule has 0 atom stereocenters. The van der Waals surface area contributed by atoms with Crippen LogP contribution in [0.1, 0.15) is 12.5 Å². The van der Waals surface area contributed by atoms with Crippen molar-refractivity contribution in [3.63, 3.8) is 0 Å². The van der Waals surface area contributed by atoms with E-state index in [4.69, 9.17) is 4.98 Å². The van der Waals surface area contributed by atoms with Crippen molar-refractivity contribution in [1.29, 1.82) is 0 Å². The number of hydrogen-bond acceptors (Lipinski definition) is 2. The Balaban J connectivity index is 2.02. The second-order valence-electron chi connectivity index (χ2n) is 7.02. The SMILES string of the molecule is CCc1ccc2c(c1)c1ccc3ncccc3c1c1nc3ccccc3n21. The largest absolute Gasteiger partial charge is 0.292 e. The van der Waals surface area contributed by atoms with Gasteiger partial charge in [0.25, 0.3) is 0 Å². The average Bonchev–Trinajstić information content (AvgIpc) is 3.12. The molecule has 27 heavy (non-hydrogen) atoms. The van der Waals surface area contributed by atoms with Gasteiger partial charge in [0.2, 0.25) is 0 Å². The monoisotopic (exact) mass is 347 g/mol. The molecule has 0 saturated carbocycles. The standard InChI is InChI=1S/C24H17N3/c1-2-15-9-12-21-18(14-15)16-10-11-19-17(6-5-13-25-19)23(16)24-26-20-7-3-4-8-22(20)27(21)24/h3-14H,2H2,1H3.